The van der Waals surface area contributed by atoms with Crippen LogP contribution >= 0.6 is 34.1 Å². The molecule has 92 valence electrons. The molecule has 17 heavy (non-hydrogen) atoms. The topological polar surface area (TPSA) is 71.1 Å². The van der Waals surface area contributed by atoms with Gasteiger partial charge in [-0.15, -0.1) is 0 Å². The van der Waals surface area contributed by atoms with Crippen molar-refractivity contribution in [1.29, 1.82) is 0 Å². The van der Waals surface area contributed by atoms with Gasteiger partial charge in [0, 0.05) is 11.3 Å². The Hall–Kier alpha value is -0.700. The van der Waals surface area contributed by atoms with Crippen molar-refractivity contribution in [3.8, 4) is 0 Å². The van der Waals surface area contributed by atoms with Crippen LogP contribution in [0.2, 0.25) is 0 Å². The van der Waals surface area contributed by atoms with Crippen LogP contribution in [0.5, 0.6) is 0 Å². The lowest BCUT2D eigenvalue weighted by Crippen LogP contribution is -2.44. The molecule has 0 saturated heterocycles. The number of halogens is 1. The zero-order valence-electron chi connectivity index (χ0n) is 9.03. The summed E-state index contributed by atoms with van der Waals surface area (Å²) in [7, 11) is 0. The molecular formula is C10H12IN3O2S. The molecule has 0 atom stereocenters. The third kappa shape index (κ3) is 3.15. The molecule has 1 saturated carbocycles. The van der Waals surface area contributed by atoms with Gasteiger partial charge in [0.05, 0.1) is 3.57 Å². The lowest BCUT2D eigenvalue weighted by molar-refractivity contribution is -0.125. The number of nitrogens with one attached hydrogen (secondary N) is 2. The summed E-state index contributed by atoms with van der Waals surface area (Å²) in [6.07, 6.45) is 4.01. The Kier molecular flexibility index (Phi) is 4.32. The quantitative estimate of drug-likeness (QED) is 0.619. The van der Waals surface area contributed by atoms with E-state index in [1.54, 1.807) is 5.38 Å². The molecule has 1 aliphatic rings. The number of hydrogen-bond donors (Lipinski definition) is 2. The van der Waals surface area contributed by atoms with E-state index in [9.17, 15) is 9.59 Å². The number of rotatable bonds is 2. The Morgan fingerprint density at radius 3 is 2.65 bits per heavy atom. The highest BCUT2D eigenvalue weighted by atomic mass is 127. The maximum Gasteiger partial charge on any atom is 0.290 e. The maximum atomic E-state index is 11.7. The second-order valence-electron chi connectivity index (χ2n) is 3.94. The molecule has 0 bridgehead atoms. The predicted octanol–water partition coefficient (Wildman–Crippen LogP) is 1.70. The summed E-state index contributed by atoms with van der Waals surface area (Å²) in [6.45, 7) is 0. The molecule has 1 heterocycles. The van der Waals surface area contributed by atoms with Crippen molar-refractivity contribution >= 4 is 45.9 Å². The second kappa shape index (κ2) is 5.76. The van der Waals surface area contributed by atoms with E-state index in [1.807, 2.05) is 22.6 Å². The van der Waals surface area contributed by atoms with Crippen molar-refractivity contribution in [2.45, 2.75) is 25.7 Å². The first-order valence-electron chi connectivity index (χ1n) is 5.38. The summed E-state index contributed by atoms with van der Waals surface area (Å²) >= 11 is 3.26. The first kappa shape index (κ1) is 12.7. The number of aromatic nitrogens is 1. The van der Waals surface area contributed by atoms with Crippen LogP contribution in [0.25, 0.3) is 0 Å². The average Bonchev–Trinajstić information content (AvgIpc) is 2.95. The zero-order valence-corrected chi connectivity index (χ0v) is 12.0. The molecular weight excluding hydrogens is 353 g/mol. The summed E-state index contributed by atoms with van der Waals surface area (Å²) < 4.78 is 4.75. The Balaban J connectivity index is 1.84. The lowest BCUT2D eigenvalue weighted by Gasteiger charge is -2.10. The van der Waals surface area contributed by atoms with Gasteiger partial charge in [-0.05, 0) is 47.0 Å². The van der Waals surface area contributed by atoms with Crippen LogP contribution < -0.4 is 10.9 Å². The molecule has 0 aromatic carbocycles. The Morgan fingerprint density at radius 1 is 1.35 bits per heavy atom. The summed E-state index contributed by atoms with van der Waals surface area (Å²) in [5.41, 5.74) is 5.23. The smallest absolute Gasteiger partial charge is 0.273 e. The molecule has 2 rings (SSSR count). The van der Waals surface area contributed by atoms with E-state index in [2.05, 4.69) is 15.2 Å². The van der Waals surface area contributed by atoms with E-state index in [-0.39, 0.29) is 17.7 Å². The largest absolute Gasteiger partial charge is 0.290 e. The normalized spacial score (nSPS) is 15.8. The first-order valence-corrected chi connectivity index (χ1v) is 7.30. The van der Waals surface area contributed by atoms with Crippen LogP contribution in [0.15, 0.2) is 5.38 Å². The Bertz CT molecular complexity index is 429. The predicted molar refractivity (Wildman–Crippen MR) is 72.4 cm³/mol. The summed E-state index contributed by atoms with van der Waals surface area (Å²) in [5, 5.41) is 1.79. The molecule has 0 spiro atoms. The number of hydrazine groups is 1. The molecule has 0 unspecified atom stereocenters. The Labute approximate surface area is 117 Å². The van der Waals surface area contributed by atoms with Crippen molar-refractivity contribution in [2.24, 2.45) is 5.92 Å². The summed E-state index contributed by atoms with van der Waals surface area (Å²) in [6, 6.07) is 0. The minimum atomic E-state index is -0.359. The average molecular weight is 365 g/mol. The van der Waals surface area contributed by atoms with Gasteiger partial charge in [0.1, 0.15) is 0 Å². The van der Waals surface area contributed by atoms with Crippen molar-refractivity contribution in [3.05, 3.63) is 14.6 Å². The monoisotopic (exact) mass is 365 g/mol. The summed E-state index contributed by atoms with van der Waals surface area (Å²) in [5.74, 6) is -0.409. The van der Waals surface area contributed by atoms with Crippen LogP contribution in [0, 0.1) is 9.49 Å². The third-order valence-electron chi connectivity index (χ3n) is 2.77. The summed E-state index contributed by atoms with van der Waals surface area (Å²) in [4.78, 5) is 23.3. The molecule has 1 aromatic heterocycles. The van der Waals surface area contributed by atoms with Gasteiger partial charge < -0.3 is 0 Å². The number of carbonyl (C=O) groups is 2. The molecule has 7 heteroatoms. The van der Waals surface area contributed by atoms with Crippen LogP contribution in [-0.4, -0.2) is 16.2 Å². The molecule has 2 amide bonds. The molecule has 2 N–H and O–H groups in total. The van der Waals surface area contributed by atoms with Crippen LogP contribution in [-0.2, 0) is 4.79 Å². The number of amides is 2. The maximum absolute atomic E-state index is 11.7. The first-order chi connectivity index (χ1) is 8.18. The number of nitrogens with zero attached hydrogens (tertiary/aromatic N) is 1. The highest BCUT2D eigenvalue weighted by molar-refractivity contribution is 14.1. The second-order valence-corrected chi connectivity index (χ2v) is 5.73. The van der Waals surface area contributed by atoms with Gasteiger partial charge in [-0.3, -0.25) is 20.4 Å². The van der Waals surface area contributed by atoms with E-state index < -0.39 is 0 Å². The number of carbonyl (C=O) groups excluding carboxylic acids is 2. The standard InChI is InChI=1S/C10H12IN3O2S/c11-7-5-17-14-8(7)10(16)13-12-9(15)6-3-1-2-4-6/h5-6H,1-4H2,(H,12,15)(H,13,16). The highest BCUT2D eigenvalue weighted by Gasteiger charge is 2.23. The minimum Gasteiger partial charge on any atom is -0.273 e. The van der Waals surface area contributed by atoms with Crippen molar-refractivity contribution in [1.82, 2.24) is 15.2 Å². The van der Waals surface area contributed by atoms with Gasteiger partial charge in [-0.25, -0.2) is 0 Å². The fourth-order valence-corrected chi connectivity index (χ4v) is 3.26. The molecule has 1 fully saturated rings. The molecule has 1 aliphatic carbocycles. The number of hydrogen-bond acceptors (Lipinski definition) is 4. The van der Waals surface area contributed by atoms with Gasteiger partial charge in [-0.1, -0.05) is 12.8 Å². The molecule has 0 aliphatic heterocycles. The van der Waals surface area contributed by atoms with Crippen molar-refractivity contribution in [3.63, 3.8) is 0 Å². The SMILES string of the molecule is O=C(NNC(=O)C1CCCC1)c1nscc1I. The van der Waals surface area contributed by atoms with Gasteiger partial charge in [0.15, 0.2) is 5.69 Å². The fourth-order valence-electron chi connectivity index (χ4n) is 1.84. The fraction of sp³-hybridized carbons (Fsp3) is 0.500. The lowest BCUT2D eigenvalue weighted by atomic mass is 10.1. The molecule has 1 aromatic rings. The van der Waals surface area contributed by atoms with Gasteiger partial charge in [0.2, 0.25) is 5.91 Å². The van der Waals surface area contributed by atoms with Crippen LogP contribution in [0.3, 0.4) is 0 Å². The molecule has 5 nitrogen and oxygen atoms in total. The van der Waals surface area contributed by atoms with Crippen LogP contribution in [0.1, 0.15) is 36.2 Å². The zero-order chi connectivity index (χ0) is 12.3. The van der Waals surface area contributed by atoms with Gasteiger partial charge >= 0.3 is 0 Å². The van der Waals surface area contributed by atoms with Crippen molar-refractivity contribution in [2.75, 3.05) is 0 Å². The van der Waals surface area contributed by atoms with Gasteiger partial charge in [0.25, 0.3) is 5.91 Å². The van der Waals surface area contributed by atoms with E-state index in [0.29, 0.717) is 5.69 Å². The minimum absolute atomic E-state index is 0.0461. The highest BCUT2D eigenvalue weighted by Crippen LogP contribution is 2.24. The van der Waals surface area contributed by atoms with Gasteiger partial charge in [-0.2, -0.15) is 4.37 Å². The van der Waals surface area contributed by atoms with Crippen LogP contribution in [0.4, 0.5) is 0 Å². The van der Waals surface area contributed by atoms with E-state index in [0.717, 1.165) is 29.3 Å². The Morgan fingerprint density at radius 2 is 2.06 bits per heavy atom. The molecule has 0 radical (unpaired) electrons. The van der Waals surface area contributed by atoms with E-state index in [1.165, 1.54) is 11.5 Å². The van der Waals surface area contributed by atoms with E-state index >= 15 is 0 Å². The third-order valence-corrected chi connectivity index (χ3v) is 4.64. The van der Waals surface area contributed by atoms with E-state index in [4.69, 9.17) is 0 Å². The van der Waals surface area contributed by atoms with Crippen molar-refractivity contribution < 1.29 is 9.59 Å².